The number of pyridine rings is 1. The SMILES string of the molecule is CC(O)C(=O)Nc1cc(-c2c(-c3ccccc3)nn3c2OCCC3)ccn1. The first kappa shape index (κ1) is 17.2. The van der Waals surface area contributed by atoms with Gasteiger partial charge in [0.1, 0.15) is 17.6 Å². The van der Waals surface area contributed by atoms with Crippen molar-refractivity contribution in [3.63, 3.8) is 0 Å². The van der Waals surface area contributed by atoms with Crippen molar-refractivity contribution in [1.82, 2.24) is 14.8 Å². The van der Waals surface area contributed by atoms with Gasteiger partial charge in [-0.3, -0.25) is 4.79 Å². The lowest BCUT2D eigenvalue weighted by molar-refractivity contribution is -0.123. The van der Waals surface area contributed by atoms with Gasteiger partial charge in [-0.15, -0.1) is 0 Å². The molecule has 1 aliphatic rings. The molecule has 7 heteroatoms. The lowest BCUT2D eigenvalue weighted by atomic mass is 10.0. The van der Waals surface area contributed by atoms with E-state index in [4.69, 9.17) is 9.84 Å². The van der Waals surface area contributed by atoms with Crippen molar-refractivity contribution in [3.8, 4) is 28.3 Å². The zero-order valence-corrected chi connectivity index (χ0v) is 14.9. The van der Waals surface area contributed by atoms with Crippen LogP contribution < -0.4 is 10.1 Å². The third kappa shape index (κ3) is 3.41. The number of nitrogens with one attached hydrogen (secondary N) is 1. The number of aromatic nitrogens is 3. The first-order chi connectivity index (χ1) is 13.1. The number of benzene rings is 1. The highest BCUT2D eigenvalue weighted by molar-refractivity contribution is 5.94. The fourth-order valence-corrected chi connectivity index (χ4v) is 3.07. The van der Waals surface area contributed by atoms with Gasteiger partial charge < -0.3 is 15.2 Å². The second kappa shape index (κ2) is 7.20. The summed E-state index contributed by atoms with van der Waals surface area (Å²) in [6.45, 7) is 2.85. The van der Waals surface area contributed by atoms with Gasteiger partial charge >= 0.3 is 0 Å². The van der Waals surface area contributed by atoms with E-state index in [0.717, 1.165) is 41.2 Å². The molecule has 1 unspecified atom stereocenters. The highest BCUT2D eigenvalue weighted by Gasteiger charge is 2.24. The Morgan fingerprint density at radius 1 is 1.26 bits per heavy atom. The van der Waals surface area contributed by atoms with Gasteiger partial charge in [0.05, 0.1) is 12.2 Å². The second-order valence-corrected chi connectivity index (χ2v) is 6.41. The molecular formula is C20H20N4O3. The minimum Gasteiger partial charge on any atom is -0.477 e. The van der Waals surface area contributed by atoms with Gasteiger partial charge in [-0.2, -0.15) is 5.10 Å². The number of rotatable bonds is 4. The Kier molecular flexibility index (Phi) is 4.60. The summed E-state index contributed by atoms with van der Waals surface area (Å²) in [6.07, 6.45) is 1.42. The third-order valence-corrected chi connectivity index (χ3v) is 4.39. The van der Waals surface area contributed by atoms with Crippen LogP contribution in [0.4, 0.5) is 5.82 Å². The quantitative estimate of drug-likeness (QED) is 0.743. The Morgan fingerprint density at radius 3 is 2.85 bits per heavy atom. The topological polar surface area (TPSA) is 89.3 Å². The van der Waals surface area contributed by atoms with Crippen LogP contribution in [0.1, 0.15) is 13.3 Å². The standard InChI is InChI=1S/C20H20N4O3/c1-13(25)19(26)22-16-12-15(8-9-21-16)17-18(14-6-3-2-4-7-14)23-24-10-5-11-27-20(17)24/h2-4,6-9,12-13,25H,5,10-11H2,1H3,(H,21,22,26). The van der Waals surface area contributed by atoms with E-state index < -0.39 is 12.0 Å². The van der Waals surface area contributed by atoms with Crippen LogP contribution in [0.15, 0.2) is 48.7 Å². The molecule has 1 atom stereocenters. The summed E-state index contributed by atoms with van der Waals surface area (Å²) >= 11 is 0. The minimum atomic E-state index is -1.11. The molecule has 0 radical (unpaired) electrons. The van der Waals surface area contributed by atoms with E-state index in [9.17, 15) is 9.90 Å². The molecule has 0 saturated heterocycles. The van der Waals surface area contributed by atoms with Crippen LogP contribution in [0.2, 0.25) is 0 Å². The maximum Gasteiger partial charge on any atom is 0.254 e. The molecule has 2 aromatic heterocycles. The number of carbonyl (C=O) groups is 1. The van der Waals surface area contributed by atoms with Crippen molar-refractivity contribution in [2.24, 2.45) is 0 Å². The first-order valence-electron chi connectivity index (χ1n) is 8.88. The van der Waals surface area contributed by atoms with Gasteiger partial charge in [-0.25, -0.2) is 9.67 Å². The molecule has 1 aliphatic heterocycles. The van der Waals surface area contributed by atoms with Crippen LogP contribution in [0.3, 0.4) is 0 Å². The van der Waals surface area contributed by atoms with Crippen LogP contribution in [0, 0.1) is 0 Å². The molecule has 0 saturated carbocycles. The van der Waals surface area contributed by atoms with E-state index in [0.29, 0.717) is 12.4 Å². The fourth-order valence-electron chi connectivity index (χ4n) is 3.07. The maximum absolute atomic E-state index is 11.8. The largest absolute Gasteiger partial charge is 0.477 e. The van der Waals surface area contributed by atoms with Gasteiger partial charge in [-0.1, -0.05) is 30.3 Å². The van der Waals surface area contributed by atoms with Gasteiger partial charge in [0.15, 0.2) is 0 Å². The van der Waals surface area contributed by atoms with Crippen molar-refractivity contribution >= 4 is 11.7 Å². The molecule has 4 rings (SSSR count). The van der Waals surface area contributed by atoms with E-state index in [1.807, 2.05) is 41.1 Å². The Bertz CT molecular complexity index is 967. The molecule has 0 aliphatic carbocycles. The zero-order valence-electron chi connectivity index (χ0n) is 14.9. The summed E-state index contributed by atoms with van der Waals surface area (Å²) in [5, 5.41) is 16.8. The van der Waals surface area contributed by atoms with Crippen molar-refractivity contribution < 1.29 is 14.6 Å². The molecule has 27 heavy (non-hydrogen) atoms. The van der Waals surface area contributed by atoms with E-state index >= 15 is 0 Å². The van der Waals surface area contributed by atoms with Crippen LogP contribution in [-0.4, -0.2) is 38.5 Å². The van der Waals surface area contributed by atoms with Crippen LogP contribution in [0.25, 0.3) is 22.4 Å². The number of hydrogen-bond acceptors (Lipinski definition) is 5. The number of amides is 1. The van der Waals surface area contributed by atoms with Gasteiger partial charge in [0, 0.05) is 24.7 Å². The highest BCUT2D eigenvalue weighted by Crippen LogP contribution is 2.40. The highest BCUT2D eigenvalue weighted by atomic mass is 16.5. The predicted octanol–water partition coefficient (Wildman–Crippen LogP) is 2.71. The second-order valence-electron chi connectivity index (χ2n) is 6.41. The van der Waals surface area contributed by atoms with Crippen molar-refractivity contribution in [3.05, 3.63) is 48.7 Å². The molecule has 3 heterocycles. The molecule has 2 N–H and O–H groups in total. The third-order valence-electron chi connectivity index (χ3n) is 4.39. The Morgan fingerprint density at radius 2 is 2.07 bits per heavy atom. The monoisotopic (exact) mass is 364 g/mol. The Hall–Kier alpha value is -3.19. The Balaban J connectivity index is 1.81. The first-order valence-corrected chi connectivity index (χ1v) is 8.88. The van der Waals surface area contributed by atoms with Gasteiger partial charge in [-0.05, 0) is 24.6 Å². The normalized spacial score (nSPS) is 14.1. The van der Waals surface area contributed by atoms with Crippen molar-refractivity contribution in [1.29, 1.82) is 0 Å². The van der Waals surface area contributed by atoms with Crippen molar-refractivity contribution in [2.75, 3.05) is 11.9 Å². The molecule has 1 amide bonds. The molecule has 7 nitrogen and oxygen atoms in total. The number of nitrogens with zero attached hydrogens (tertiary/aromatic N) is 3. The molecule has 0 bridgehead atoms. The lowest BCUT2D eigenvalue weighted by Gasteiger charge is -2.16. The van der Waals surface area contributed by atoms with E-state index in [1.54, 1.807) is 12.3 Å². The predicted molar refractivity (Wildman–Crippen MR) is 101 cm³/mol. The summed E-state index contributed by atoms with van der Waals surface area (Å²) in [7, 11) is 0. The molecule has 138 valence electrons. The summed E-state index contributed by atoms with van der Waals surface area (Å²) in [4.78, 5) is 16.0. The van der Waals surface area contributed by atoms with Crippen LogP contribution >= 0.6 is 0 Å². The molecular weight excluding hydrogens is 344 g/mol. The molecule has 0 fully saturated rings. The average molecular weight is 364 g/mol. The number of fused-ring (bicyclic) bond motifs is 1. The fraction of sp³-hybridized carbons (Fsp3) is 0.250. The summed E-state index contributed by atoms with van der Waals surface area (Å²) in [5.74, 6) is 0.587. The number of anilines is 1. The Labute approximate surface area is 156 Å². The summed E-state index contributed by atoms with van der Waals surface area (Å²) in [6, 6.07) is 13.6. The number of aliphatic hydroxyl groups excluding tert-OH is 1. The maximum atomic E-state index is 11.8. The smallest absolute Gasteiger partial charge is 0.254 e. The zero-order chi connectivity index (χ0) is 18.8. The number of ether oxygens (including phenoxy) is 1. The lowest BCUT2D eigenvalue weighted by Crippen LogP contribution is -2.24. The summed E-state index contributed by atoms with van der Waals surface area (Å²) < 4.78 is 7.81. The van der Waals surface area contributed by atoms with E-state index in [1.165, 1.54) is 6.92 Å². The number of aryl methyl sites for hydroxylation is 1. The van der Waals surface area contributed by atoms with Crippen LogP contribution in [-0.2, 0) is 11.3 Å². The van der Waals surface area contributed by atoms with Gasteiger partial charge in [0.25, 0.3) is 5.91 Å². The van der Waals surface area contributed by atoms with Crippen molar-refractivity contribution in [2.45, 2.75) is 26.0 Å². The molecule has 3 aromatic rings. The average Bonchev–Trinajstić information content (AvgIpc) is 3.08. The number of carbonyl (C=O) groups excluding carboxylic acids is 1. The van der Waals surface area contributed by atoms with E-state index in [-0.39, 0.29) is 0 Å². The minimum absolute atomic E-state index is 0.369. The molecule has 0 spiro atoms. The number of hydrogen-bond donors (Lipinski definition) is 2. The molecule has 1 aromatic carbocycles. The van der Waals surface area contributed by atoms with Gasteiger partial charge in [0.2, 0.25) is 5.88 Å². The number of aliphatic hydroxyl groups is 1. The van der Waals surface area contributed by atoms with Crippen LogP contribution in [0.5, 0.6) is 5.88 Å². The van der Waals surface area contributed by atoms with E-state index in [2.05, 4.69) is 10.3 Å². The summed E-state index contributed by atoms with van der Waals surface area (Å²) in [5.41, 5.74) is 3.53.